The molecule has 0 radical (unpaired) electrons. The van der Waals surface area contributed by atoms with Crippen LogP contribution >= 0.6 is 0 Å². The predicted molar refractivity (Wildman–Crippen MR) is 105 cm³/mol. The van der Waals surface area contributed by atoms with Crippen LogP contribution in [0.3, 0.4) is 0 Å². The predicted octanol–water partition coefficient (Wildman–Crippen LogP) is 1.82. The number of benzene rings is 2. The minimum absolute atomic E-state index is 0.0777. The number of ether oxygens (including phenoxy) is 5. The van der Waals surface area contributed by atoms with E-state index in [9.17, 15) is 14.7 Å². The molecule has 0 unspecified atom stereocenters. The molecule has 30 heavy (non-hydrogen) atoms. The van der Waals surface area contributed by atoms with Gasteiger partial charge < -0.3 is 28.8 Å². The Morgan fingerprint density at radius 2 is 1.33 bits per heavy atom. The van der Waals surface area contributed by atoms with Crippen molar-refractivity contribution in [2.24, 2.45) is 0 Å². The smallest absolute Gasteiger partial charge is 0.338 e. The molecule has 0 saturated carbocycles. The first-order valence-electron chi connectivity index (χ1n) is 9.42. The first kappa shape index (κ1) is 21.9. The number of carbonyl (C=O) groups is 2. The Kier molecular flexibility index (Phi) is 7.53. The third-order valence-electron chi connectivity index (χ3n) is 4.72. The molecule has 0 spiro atoms. The summed E-state index contributed by atoms with van der Waals surface area (Å²) in [6, 6.07) is 16.6. The van der Waals surface area contributed by atoms with Crippen molar-refractivity contribution in [1.29, 1.82) is 0 Å². The summed E-state index contributed by atoms with van der Waals surface area (Å²) in [5.41, 5.74) is 0.593. The van der Waals surface area contributed by atoms with Crippen molar-refractivity contribution in [3.63, 3.8) is 0 Å². The van der Waals surface area contributed by atoms with Gasteiger partial charge in [-0.15, -0.1) is 0 Å². The van der Waals surface area contributed by atoms with Gasteiger partial charge in [-0.3, -0.25) is 0 Å². The Morgan fingerprint density at radius 3 is 1.80 bits per heavy atom. The summed E-state index contributed by atoms with van der Waals surface area (Å²) in [5.74, 6) is -1.34. The van der Waals surface area contributed by atoms with Crippen LogP contribution in [0.15, 0.2) is 60.7 Å². The van der Waals surface area contributed by atoms with E-state index in [1.54, 1.807) is 60.7 Å². The van der Waals surface area contributed by atoms with E-state index < -0.39 is 42.6 Å². The SMILES string of the molecule is COC[C@H]1O[C@H](O)[C@@H](OC(=O)c2ccccc2)[C@@H](OC(=O)c2ccccc2)[C@@H]1OC. The fourth-order valence-electron chi connectivity index (χ4n) is 3.27. The minimum Gasteiger partial charge on any atom is -0.452 e. The van der Waals surface area contributed by atoms with Gasteiger partial charge in [0.2, 0.25) is 0 Å². The second-order valence-electron chi connectivity index (χ2n) is 6.69. The number of carbonyl (C=O) groups excluding carboxylic acids is 2. The Labute approximate surface area is 174 Å². The van der Waals surface area contributed by atoms with Crippen molar-refractivity contribution in [3.05, 3.63) is 71.8 Å². The molecule has 1 heterocycles. The zero-order chi connectivity index (χ0) is 21.5. The van der Waals surface area contributed by atoms with Gasteiger partial charge in [0.1, 0.15) is 12.2 Å². The molecular weight excluding hydrogens is 392 g/mol. The normalized spacial score (nSPS) is 26.0. The Morgan fingerprint density at radius 1 is 0.833 bits per heavy atom. The number of hydrogen-bond donors (Lipinski definition) is 1. The van der Waals surface area contributed by atoms with Gasteiger partial charge in [-0.1, -0.05) is 36.4 Å². The Hall–Kier alpha value is -2.78. The largest absolute Gasteiger partial charge is 0.452 e. The average molecular weight is 416 g/mol. The molecule has 0 aliphatic carbocycles. The maximum absolute atomic E-state index is 12.7. The first-order valence-corrected chi connectivity index (χ1v) is 9.42. The van der Waals surface area contributed by atoms with Crippen LogP contribution in [0, 0.1) is 0 Å². The lowest BCUT2D eigenvalue weighted by Crippen LogP contribution is -2.61. The molecule has 1 saturated heterocycles. The molecule has 2 aromatic carbocycles. The molecule has 0 bridgehead atoms. The quantitative estimate of drug-likeness (QED) is 0.683. The molecule has 1 aliphatic heterocycles. The monoisotopic (exact) mass is 416 g/mol. The molecule has 5 atom stereocenters. The highest BCUT2D eigenvalue weighted by Gasteiger charge is 2.50. The molecule has 1 N–H and O–H groups in total. The zero-order valence-corrected chi connectivity index (χ0v) is 16.7. The maximum Gasteiger partial charge on any atom is 0.338 e. The lowest BCUT2D eigenvalue weighted by Gasteiger charge is -2.42. The lowest BCUT2D eigenvalue weighted by atomic mass is 9.98. The van der Waals surface area contributed by atoms with Crippen LogP contribution in [0.1, 0.15) is 20.7 Å². The van der Waals surface area contributed by atoms with E-state index in [2.05, 4.69) is 0 Å². The van der Waals surface area contributed by atoms with Crippen LogP contribution in [-0.4, -0.2) is 68.6 Å². The number of hydrogen-bond acceptors (Lipinski definition) is 8. The fourth-order valence-corrected chi connectivity index (χ4v) is 3.27. The van der Waals surface area contributed by atoms with E-state index >= 15 is 0 Å². The van der Waals surface area contributed by atoms with Crippen molar-refractivity contribution in [2.45, 2.75) is 30.7 Å². The van der Waals surface area contributed by atoms with Gasteiger partial charge in [0.25, 0.3) is 0 Å². The summed E-state index contributed by atoms with van der Waals surface area (Å²) >= 11 is 0. The van der Waals surface area contributed by atoms with E-state index in [1.807, 2.05) is 0 Å². The second kappa shape index (κ2) is 10.3. The molecule has 1 fully saturated rings. The van der Waals surface area contributed by atoms with Crippen LogP contribution in [0.25, 0.3) is 0 Å². The minimum atomic E-state index is -1.54. The molecule has 8 heteroatoms. The highest BCUT2D eigenvalue weighted by Crippen LogP contribution is 2.28. The topological polar surface area (TPSA) is 101 Å². The highest BCUT2D eigenvalue weighted by atomic mass is 16.7. The van der Waals surface area contributed by atoms with E-state index in [0.717, 1.165) is 0 Å². The Balaban J connectivity index is 1.86. The molecule has 1 aliphatic rings. The Bertz CT molecular complexity index is 826. The lowest BCUT2D eigenvalue weighted by molar-refractivity contribution is -0.290. The molecule has 0 amide bonds. The van der Waals surface area contributed by atoms with E-state index in [-0.39, 0.29) is 12.2 Å². The number of aliphatic hydroxyl groups is 1. The third-order valence-corrected chi connectivity index (χ3v) is 4.72. The van der Waals surface area contributed by atoms with Crippen LogP contribution in [-0.2, 0) is 23.7 Å². The van der Waals surface area contributed by atoms with Gasteiger partial charge in [0, 0.05) is 14.2 Å². The summed E-state index contributed by atoms with van der Waals surface area (Å²) < 4.78 is 27.3. The molecule has 160 valence electrons. The van der Waals surface area contributed by atoms with Crippen molar-refractivity contribution in [1.82, 2.24) is 0 Å². The van der Waals surface area contributed by atoms with Crippen LogP contribution in [0.2, 0.25) is 0 Å². The summed E-state index contributed by atoms with van der Waals surface area (Å²) in [6.45, 7) is 0.0777. The van der Waals surface area contributed by atoms with Crippen molar-refractivity contribution in [2.75, 3.05) is 20.8 Å². The van der Waals surface area contributed by atoms with E-state index in [4.69, 9.17) is 23.7 Å². The summed E-state index contributed by atoms with van der Waals surface area (Å²) in [4.78, 5) is 25.2. The van der Waals surface area contributed by atoms with Crippen LogP contribution < -0.4 is 0 Å². The maximum atomic E-state index is 12.7. The number of methoxy groups -OCH3 is 2. The van der Waals surface area contributed by atoms with Crippen molar-refractivity contribution < 1.29 is 38.4 Å². The van der Waals surface area contributed by atoms with E-state index in [0.29, 0.717) is 5.56 Å². The summed E-state index contributed by atoms with van der Waals surface area (Å²) in [5, 5.41) is 10.5. The number of rotatable bonds is 7. The summed E-state index contributed by atoms with van der Waals surface area (Å²) in [7, 11) is 2.88. The number of esters is 2. The third kappa shape index (κ3) is 5.03. The molecule has 3 rings (SSSR count). The van der Waals surface area contributed by atoms with Gasteiger partial charge in [0.05, 0.1) is 17.7 Å². The zero-order valence-electron chi connectivity index (χ0n) is 16.7. The van der Waals surface area contributed by atoms with Gasteiger partial charge in [-0.2, -0.15) is 0 Å². The molecular formula is C22H24O8. The van der Waals surface area contributed by atoms with Crippen LogP contribution in [0.5, 0.6) is 0 Å². The molecule has 0 aromatic heterocycles. The first-order chi connectivity index (χ1) is 14.5. The molecule has 8 nitrogen and oxygen atoms in total. The van der Waals surface area contributed by atoms with Gasteiger partial charge in [-0.05, 0) is 24.3 Å². The van der Waals surface area contributed by atoms with Gasteiger partial charge in [-0.25, -0.2) is 9.59 Å². The van der Waals surface area contributed by atoms with Crippen LogP contribution in [0.4, 0.5) is 0 Å². The van der Waals surface area contributed by atoms with E-state index in [1.165, 1.54) is 14.2 Å². The highest BCUT2D eigenvalue weighted by molar-refractivity contribution is 5.90. The van der Waals surface area contributed by atoms with Crippen molar-refractivity contribution in [3.8, 4) is 0 Å². The molecule has 2 aromatic rings. The summed E-state index contributed by atoms with van der Waals surface area (Å²) in [6.07, 6.45) is -5.55. The van der Waals surface area contributed by atoms with Gasteiger partial charge in [0.15, 0.2) is 18.5 Å². The number of aliphatic hydroxyl groups excluding tert-OH is 1. The standard InChI is InChI=1S/C22H24O8/c1-26-13-16-17(27-2)18(29-20(23)14-9-5-3-6-10-14)19(22(25)28-16)30-21(24)15-11-7-4-8-12-15/h3-12,16-19,22,25H,13H2,1-2H3/t16-,17-,18+,19+,22+/m1/s1. The second-order valence-corrected chi connectivity index (χ2v) is 6.69. The van der Waals surface area contributed by atoms with Gasteiger partial charge >= 0.3 is 11.9 Å². The average Bonchev–Trinajstić information content (AvgIpc) is 2.77. The van der Waals surface area contributed by atoms with Crippen molar-refractivity contribution >= 4 is 11.9 Å². The fraction of sp³-hybridized carbons (Fsp3) is 0.364.